The summed E-state index contributed by atoms with van der Waals surface area (Å²) >= 11 is 0. The molecule has 116 valence electrons. The number of hydrogen-bond acceptors (Lipinski definition) is 4. The van der Waals surface area contributed by atoms with Crippen molar-refractivity contribution in [3.8, 4) is 0 Å². The minimum Gasteiger partial charge on any atom is -0.383 e. The normalized spacial score (nSPS) is 21.5. The monoisotopic (exact) mass is 289 g/mol. The molecular weight excluding hydrogens is 262 g/mol. The molecule has 0 amide bonds. The van der Waals surface area contributed by atoms with Gasteiger partial charge in [0, 0.05) is 38.0 Å². The summed E-state index contributed by atoms with van der Waals surface area (Å²) in [6, 6.07) is 7.47. The third kappa shape index (κ3) is 3.95. The molecule has 21 heavy (non-hydrogen) atoms. The second-order valence-corrected chi connectivity index (χ2v) is 6.46. The Kier molecular flexibility index (Phi) is 4.76. The lowest BCUT2D eigenvalue weighted by Gasteiger charge is -2.35. The average Bonchev–Trinajstić information content (AvgIpc) is 3.32. The summed E-state index contributed by atoms with van der Waals surface area (Å²) in [5.41, 5.74) is 1.10. The molecule has 1 saturated carbocycles. The van der Waals surface area contributed by atoms with Crippen molar-refractivity contribution in [3.05, 3.63) is 23.9 Å². The molecule has 0 radical (unpaired) electrons. The number of anilines is 1. The largest absolute Gasteiger partial charge is 0.383 e. The number of methoxy groups -OCH3 is 1. The molecule has 0 unspecified atom stereocenters. The van der Waals surface area contributed by atoms with Crippen LogP contribution < -0.4 is 10.2 Å². The lowest BCUT2D eigenvalue weighted by molar-refractivity contribution is 0.148. The molecule has 0 aromatic carbocycles. The van der Waals surface area contributed by atoms with E-state index >= 15 is 0 Å². The highest BCUT2D eigenvalue weighted by molar-refractivity contribution is 5.39. The highest BCUT2D eigenvalue weighted by Crippen LogP contribution is 2.33. The first-order valence-electron chi connectivity index (χ1n) is 8.20. The van der Waals surface area contributed by atoms with Gasteiger partial charge in [-0.25, -0.2) is 4.98 Å². The second kappa shape index (κ2) is 6.75. The molecular formula is C17H27N3O. The van der Waals surface area contributed by atoms with Gasteiger partial charge >= 0.3 is 0 Å². The standard InChI is InChI=1S/C17H27N3O/c1-13-4-3-5-17(18-13)20-10-8-15(9-11-20)19-16(12-21-2)14-6-7-14/h3-5,14-16,19H,6-12H2,1-2H3/t16-/m1/s1. The number of rotatable bonds is 6. The van der Waals surface area contributed by atoms with Crippen molar-refractivity contribution in [3.63, 3.8) is 0 Å². The molecule has 3 rings (SSSR count). The third-order valence-electron chi connectivity index (χ3n) is 4.68. The first-order chi connectivity index (χ1) is 10.3. The van der Waals surface area contributed by atoms with E-state index in [-0.39, 0.29) is 0 Å². The first-order valence-corrected chi connectivity index (χ1v) is 8.20. The van der Waals surface area contributed by atoms with Gasteiger partial charge in [-0.05, 0) is 50.7 Å². The second-order valence-electron chi connectivity index (χ2n) is 6.46. The Morgan fingerprint density at radius 3 is 2.67 bits per heavy atom. The van der Waals surface area contributed by atoms with Gasteiger partial charge in [0.1, 0.15) is 5.82 Å². The summed E-state index contributed by atoms with van der Waals surface area (Å²) in [7, 11) is 1.81. The van der Waals surface area contributed by atoms with E-state index in [0.717, 1.165) is 37.1 Å². The number of hydrogen-bond donors (Lipinski definition) is 1. The summed E-state index contributed by atoms with van der Waals surface area (Å²) in [6.07, 6.45) is 5.13. The fourth-order valence-corrected chi connectivity index (χ4v) is 3.28. The predicted octanol–water partition coefficient (Wildman–Crippen LogP) is 2.37. The topological polar surface area (TPSA) is 37.4 Å². The Morgan fingerprint density at radius 2 is 2.05 bits per heavy atom. The van der Waals surface area contributed by atoms with Crippen LogP contribution in [-0.2, 0) is 4.74 Å². The third-order valence-corrected chi connectivity index (χ3v) is 4.68. The zero-order chi connectivity index (χ0) is 14.7. The summed E-state index contributed by atoms with van der Waals surface area (Å²) in [5.74, 6) is 1.98. The van der Waals surface area contributed by atoms with Crippen LogP contribution in [0.1, 0.15) is 31.4 Å². The minimum absolute atomic E-state index is 0.559. The Morgan fingerprint density at radius 1 is 1.29 bits per heavy atom. The highest BCUT2D eigenvalue weighted by Gasteiger charge is 2.33. The summed E-state index contributed by atoms with van der Waals surface area (Å²) < 4.78 is 5.37. The van der Waals surface area contributed by atoms with Gasteiger partial charge in [-0.15, -0.1) is 0 Å². The molecule has 1 aliphatic heterocycles. The van der Waals surface area contributed by atoms with Crippen molar-refractivity contribution in [1.82, 2.24) is 10.3 Å². The number of aromatic nitrogens is 1. The SMILES string of the molecule is COC[C@@H](NC1CCN(c2cccc(C)n2)CC1)C1CC1. The Labute approximate surface area is 127 Å². The maximum absolute atomic E-state index is 5.37. The molecule has 0 bridgehead atoms. The van der Waals surface area contributed by atoms with Crippen LogP contribution in [0.4, 0.5) is 5.82 Å². The Hall–Kier alpha value is -1.13. The molecule has 4 heteroatoms. The van der Waals surface area contributed by atoms with Gasteiger partial charge in [-0.2, -0.15) is 0 Å². The minimum atomic E-state index is 0.559. The first kappa shape index (κ1) is 14.8. The van der Waals surface area contributed by atoms with Crippen molar-refractivity contribution in [1.29, 1.82) is 0 Å². The molecule has 1 aromatic heterocycles. The number of pyridine rings is 1. The van der Waals surface area contributed by atoms with Crippen LogP contribution >= 0.6 is 0 Å². The van der Waals surface area contributed by atoms with E-state index in [1.807, 2.05) is 7.11 Å². The van der Waals surface area contributed by atoms with Crippen LogP contribution in [0.5, 0.6) is 0 Å². The van der Waals surface area contributed by atoms with Gasteiger partial charge in [0.05, 0.1) is 6.61 Å². The van der Waals surface area contributed by atoms with Gasteiger partial charge in [-0.3, -0.25) is 0 Å². The number of nitrogens with one attached hydrogen (secondary N) is 1. The zero-order valence-corrected chi connectivity index (χ0v) is 13.2. The van der Waals surface area contributed by atoms with Crippen LogP contribution in [0.15, 0.2) is 18.2 Å². The van der Waals surface area contributed by atoms with Gasteiger partial charge in [-0.1, -0.05) is 6.07 Å². The van der Waals surface area contributed by atoms with Crippen molar-refractivity contribution < 1.29 is 4.74 Å². The Balaban J connectivity index is 1.50. The molecule has 0 spiro atoms. The quantitative estimate of drug-likeness (QED) is 0.872. The zero-order valence-electron chi connectivity index (χ0n) is 13.2. The maximum Gasteiger partial charge on any atom is 0.128 e. The van der Waals surface area contributed by atoms with Crippen LogP contribution in [0.2, 0.25) is 0 Å². The predicted molar refractivity (Wildman–Crippen MR) is 85.7 cm³/mol. The van der Waals surface area contributed by atoms with E-state index in [1.165, 1.54) is 25.7 Å². The van der Waals surface area contributed by atoms with E-state index < -0.39 is 0 Å². The van der Waals surface area contributed by atoms with Crippen LogP contribution in [0.25, 0.3) is 0 Å². The lowest BCUT2D eigenvalue weighted by atomic mass is 10.0. The molecule has 2 aliphatic rings. The summed E-state index contributed by atoms with van der Waals surface area (Å²) in [5, 5.41) is 3.83. The van der Waals surface area contributed by atoms with E-state index in [0.29, 0.717) is 12.1 Å². The fourth-order valence-electron chi connectivity index (χ4n) is 3.28. The van der Waals surface area contributed by atoms with E-state index in [4.69, 9.17) is 4.74 Å². The summed E-state index contributed by atoms with van der Waals surface area (Å²) in [4.78, 5) is 7.05. The lowest BCUT2D eigenvalue weighted by Crippen LogP contribution is -2.48. The number of aryl methyl sites for hydroxylation is 1. The molecule has 1 saturated heterocycles. The van der Waals surface area contributed by atoms with Gasteiger partial charge in [0.15, 0.2) is 0 Å². The average molecular weight is 289 g/mol. The van der Waals surface area contributed by atoms with Crippen molar-refractivity contribution in [2.75, 3.05) is 31.7 Å². The van der Waals surface area contributed by atoms with Gasteiger partial charge < -0.3 is 15.0 Å². The molecule has 1 aromatic rings. The van der Waals surface area contributed by atoms with E-state index in [9.17, 15) is 0 Å². The molecule has 2 heterocycles. The maximum atomic E-state index is 5.37. The van der Waals surface area contributed by atoms with Crippen LogP contribution in [-0.4, -0.2) is 43.9 Å². The molecule has 1 atom stereocenters. The molecule has 1 aliphatic carbocycles. The molecule has 2 fully saturated rings. The fraction of sp³-hybridized carbons (Fsp3) is 0.706. The number of piperidine rings is 1. The highest BCUT2D eigenvalue weighted by atomic mass is 16.5. The number of ether oxygens (including phenoxy) is 1. The van der Waals surface area contributed by atoms with Gasteiger partial charge in [0.2, 0.25) is 0 Å². The van der Waals surface area contributed by atoms with Crippen molar-refractivity contribution in [2.24, 2.45) is 5.92 Å². The van der Waals surface area contributed by atoms with E-state index in [2.05, 4.69) is 40.3 Å². The molecule has 4 nitrogen and oxygen atoms in total. The number of nitrogens with zero attached hydrogens (tertiary/aromatic N) is 2. The van der Waals surface area contributed by atoms with Crippen LogP contribution in [0, 0.1) is 12.8 Å². The Bertz CT molecular complexity index is 453. The van der Waals surface area contributed by atoms with Crippen LogP contribution in [0.3, 0.4) is 0 Å². The van der Waals surface area contributed by atoms with E-state index in [1.54, 1.807) is 0 Å². The van der Waals surface area contributed by atoms with Crippen molar-refractivity contribution >= 4 is 5.82 Å². The van der Waals surface area contributed by atoms with Gasteiger partial charge in [0.25, 0.3) is 0 Å². The van der Waals surface area contributed by atoms with Crippen molar-refractivity contribution in [2.45, 2.75) is 44.7 Å². The summed E-state index contributed by atoms with van der Waals surface area (Å²) in [6.45, 7) is 5.10. The smallest absolute Gasteiger partial charge is 0.128 e. The molecule has 1 N–H and O–H groups in total.